The standard InChI is InChI=1S/C22H19F2N7O2/c23-13-3-1-2-12(6-13)9-26-21-15-4-5-33-28-11-18(15)29-22(30-21)31-19-8-14(24)7-16(20(25)32)17(19)10-27-31/h1-3,6-8,10,28H,4-5,9,11H2,(H2,25,32)(H,26,29,30). The maximum absolute atomic E-state index is 14.2. The monoisotopic (exact) mass is 451 g/mol. The maximum Gasteiger partial charge on any atom is 0.253 e. The van der Waals surface area contributed by atoms with E-state index in [2.05, 4.69) is 25.9 Å². The molecule has 0 bridgehead atoms. The third kappa shape index (κ3) is 4.11. The third-order valence-corrected chi connectivity index (χ3v) is 5.33. The largest absolute Gasteiger partial charge is 0.366 e. The van der Waals surface area contributed by atoms with Gasteiger partial charge in [-0.1, -0.05) is 12.1 Å². The van der Waals surface area contributed by atoms with E-state index in [-0.39, 0.29) is 17.3 Å². The zero-order valence-corrected chi connectivity index (χ0v) is 17.3. The van der Waals surface area contributed by atoms with Crippen molar-refractivity contribution < 1.29 is 18.4 Å². The molecule has 2 aromatic carbocycles. The molecule has 9 nitrogen and oxygen atoms in total. The minimum atomic E-state index is -0.763. The van der Waals surface area contributed by atoms with Gasteiger partial charge in [0.05, 0.1) is 36.1 Å². The zero-order valence-electron chi connectivity index (χ0n) is 17.3. The molecule has 0 unspecified atom stereocenters. The molecule has 0 saturated carbocycles. The lowest BCUT2D eigenvalue weighted by Crippen LogP contribution is -2.16. The Bertz CT molecular complexity index is 1370. The second-order valence-corrected chi connectivity index (χ2v) is 7.51. The number of hydrogen-bond donors (Lipinski definition) is 3. The molecule has 3 heterocycles. The zero-order chi connectivity index (χ0) is 22.9. The van der Waals surface area contributed by atoms with Crippen molar-refractivity contribution in [2.24, 2.45) is 5.73 Å². The average molecular weight is 451 g/mol. The van der Waals surface area contributed by atoms with Crippen molar-refractivity contribution >= 4 is 22.6 Å². The summed E-state index contributed by atoms with van der Waals surface area (Å²) in [5.74, 6) is -1.02. The van der Waals surface area contributed by atoms with Crippen LogP contribution in [0.25, 0.3) is 16.9 Å². The summed E-state index contributed by atoms with van der Waals surface area (Å²) in [5, 5.41) is 7.91. The van der Waals surface area contributed by atoms with Gasteiger partial charge in [0.25, 0.3) is 5.95 Å². The number of hydrogen-bond acceptors (Lipinski definition) is 7. The van der Waals surface area contributed by atoms with Gasteiger partial charge in [-0.05, 0) is 23.8 Å². The highest BCUT2D eigenvalue weighted by molar-refractivity contribution is 6.05. The van der Waals surface area contributed by atoms with Crippen LogP contribution in [0.3, 0.4) is 0 Å². The molecule has 4 N–H and O–H groups in total. The van der Waals surface area contributed by atoms with Crippen LogP contribution in [0.5, 0.6) is 0 Å². The van der Waals surface area contributed by atoms with Gasteiger partial charge < -0.3 is 15.9 Å². The molecule has 0 aliphatic carbocycles. The topological polar surface area (TPSA) is 120 Å². The lowest BCUT2D eigenvalue weighted by Gasteiger charge is -2.15. The molecule has 0 saturated heterocycles. The number of fused-ring (bicyclic) bond motifs is 2. The Labute approximate surface area is 186 Å². The number of primary amides is 1. The molecule has 0 radical (unpaired) electrons. The molecule has 33 heavy (non-hydrogen) atoms. The average Bonchev–Trinajstić information content (AvgIpc) is 3.06. The highest BCUT2D eigenvalue weighted by atomic mass is 19.1. The molecule has 168 valence electrons. The van der Waals surface area contributed by atoms with Crippen molar-refractivity contribution in [3.63, 3.8) is 0 Å². The highest BCUT2D eigenvalue weighted by Gasteiger charge is 2.21. The van der Waals surface area contributed by atoms with E-state index in [4.69, 9.17) is 10.6 Å². The predicted octanol–water partition coefficient (Wildman–Crippen LogP) is 2.38. The fourth-order valence-electron chi connectivity index (χ4n) is 3.80. The van der Waals surface area contributed by atoms with E-state index in [1.165, 1.54) is 29.1 Å². The van der Waals surface area contributed by atoms with Crippen molar-refractivity contribution in [1.82, 2.24) is 25.2 Å². The summed E-state index contributed by atoms with van der Waals surface area (Å²) < 4.78 is 29.2. The van der Waals surface area contributed by atoms with Crippen molar-refractivity contribution in [3.05, 3.63) is 76.6 Å². The molecular weight excluding hydrogens is 432 g/mol. The normalized spacial score (nSPS) is 13.5. The fourth-order valence-corrected chi connectivity index (χ4v) is 3.80. The van der Waals surface area contributed by atoms with Crippen molar-refractivity contribution in [2.45, 2.75) is 19.5 Å². The Balaban J connectivity index is 1.60. The lowest BCUT2D eigenvalue weighted by atomic mass is 10.1. The van der Waals surface area contributed by atoms with Gasteiger partial charge in [0.1, 0.15) is 17.5 Å². The summed E-state index contributed by atoms with van der Waals surface area (Å²) in [5.41, 5.74) is 10.8. The first-order valence-electron chi connectivity index (χ1n) is 10.2. The van der Waals surface area contributed by atoms with E-state index >= 15 is 0 Å². The molecule has 2 aromatic heterocycles. The van der Waals surface area contributed by atoms with Gasteiger partial charge in [0.15, 0.2) is 0 Å². The number of nitrogens with zero attached hydrogens (tertiary/aromatic N) is 4. The quantitative estimate of drug-likeness (QED) is 0.426. The van der Waals surface area contributed by atoms with E-state index in [1.807, 2.05) is 0 Å². The Kier molecular flexibility index (Phi) is 5.40. The van der Waals surface area contributed by atoms with Crippen LogP contribution in [0, 0.1) is 11.6 Å². The second kappa shape index (κ2) is 8.52. The molecule has 11 heteroatoms. The van der Waals surface area contributed by atoms with Crippen LogP contribution in [-0.4, -0.2) is 32.3 Å². The molecule has 4 aromatic rings. The lowest BCUT2D eigenvalue weighted by molar-refractivity contribution is 0.0440. The minimum absolute atomic E-state index is 0.0190. The summed E-state index contributed by atoms with van der Waals surface area (Å²) in [4.78, 5) is 26.4. The van der Waals surface area contributed by atoms with Crippen LogP contribution in [0.4, 0.5) is 14.6 Å². The van der Waals surface area contributed by atoms with Crippen LogP contribution >= 0.6 is 0 Å². The van der Waals surface area contributed by atoms with Crippen LogP contribution in [-0.2, 0) is 24.3 Å². The van der Waals surface area contributed by atoms with E-state index in [9.17, 15) is 13.6 Å². The van der Waals surface area contributed by atoms with Gasteiger partial charge in [0.2, 0.25) is 5.91 Å². The van der Waals surface area contributed by atoms with Gasteiger partial charge in [-0.15, -0.1) is 0 Å². The second-order valence-electron chi connectivity index (χ2n) is 7.51. The number of nitrogens with one attached hydrogen (secondary N) is 2. The molecule has 0 atom stereocenters. The number of rotatable bonds is 5. The third-order valence-electron chi connectivity index (χ3n) is 5.33. The molecule has 0 spiro atoms. The molecule has 1 aliphatic heterocycles. The maximum atomic E-state index is 14.2. The molecule has 1 amide bonds. The number of carbonyl (C=O) groups is 1. The van der Waals surface area contributed by atoms with Crippen molar-refractivity contribution in [1.29, 1.82) is 0 Å². The van der Waals surface area contributed by atoms with Gasteiger partial charge in [0, 0.05) is 30.0 Å². The summed E-state index contributed by atoms with van der Waals surface area (Å²) in [6.07, 6.45) is 1.97. The number of carbonyl (C=O) groups excluding carboxylic acids is 1. The Morgan fingerprint density at radius 3 is 2.91 bits per heavy atom. The Hall–Kier alpha value is -3.96. The number of hydroxylamine groups is 1. The summed E-state index contributed by atoms with van der Waals surface area (Å²) in [6.45, 7) is 1.07. The minimum Gasteiger partial charge on any atom is -0.366 e. The first-order valence-corrected chi connectivity index (χ1v) is 10.2. The van der Waals surface area contributed by atoms with E-state index < -0.39 is 11.7 Å². The summed E-state index contributed by atoms with van der Waals surface area (Å²) in [7, 11) is 0. The van der Waals surface area contributed by atoms with Gasteiger partial charge in [-0.25, -0.2) is 13.8 Å². The molecular formula is C22H19F2N7O2. The Morgan fingerprint density at radius 1 is 1.21 bits per heavy atom. The number of halogens is 2. The number of benzene rings is 2. The predicted molar refractivity (Wildman–Crippen MR) is 115 cm³/mol. The first kappa shape index (κ1) is 20.9. The van der Waals surface area contributed by atoms with E-state index in [0.717, 1.165) is 17.2 Å². The van der Waals surface area contributed by atoms with Crippen LogP contribution < -0.4 is 16.5 Å². The van der Waals surface area contributed by atoms with Crippen LogP contribution in [0.1, 0.15) is 27.2 Å². The molecule has 1 aliphatic rings. The molecule has 0 fully saturated rings. The first-order chi connectivity index (χ1) is 16.0. The molecule has 5 rings (SSSR count). The number of amides is 1. The van der Waals surface area contributed by atoms with E-state index in [1.54, 1.807) is 12.1 Å². The highest BCUT2D eigenvalue weighted by Crippen LogP contribution is 2.26. The summed E-state index contributed by atoms with van der Waals surface area (Å²) in [6, 6.07) is 8.57. The van der Waals surface area contributed by atoms with Crippen molar-refractivity contribution in [2.75, 3.05) is 11.9 Å². The van der Waals surface area contributed by atoms with Crippen LogP contribution in [0.15, 0.2) is 42.6 Å². The van der Waals surface area contributed by atoms with Crippen LogP contribution in [0.2, 0.25) is 0 Å². The fraction of sp³-hybridized carbons (Fsp3) is 0.182. The van der Waals surface area contributed by atoms with Gasteiger partial charge >= 0.3 is 0 Å². The number of nitrogens with two attached hydrogens (primary N) is 1. The Morgan fingerprint density at radius 2 is 2.09 bits per heavy atom. The van der Waals surface area contributed by atoms with Gasteiger partial charge in [-0.2, -0.15) is 20.2 Å². The van der Waals surface area contributed by atoms with Crippen molar-refractivity contribution in [3.8, 4) is 5.95 Å². The van der Waals surface area contributed by atoms with Gasteiger partial charge in [-0.3, -0.25) is 4.79 Å². The summed E-state index contributed by atoms with van der Waals surface area (Å²) >= 11 is 0. The van der Waals surface area contributed by atoms with E-state index in [0.29, 0.717) is 48.5 Å². The number of anilines is 1. The number of aromatic nitrogens is 4. The SMILES string of the molecule is NC(=O)c1cc(F)cc2c1cnn2-c1nc2c(c(NCc3cccc(F)c3)n1)CCONC2. The smallest absolute Gasteiger partial charge is 0.253 e.